The zero-order valence-corrected chi connectivity index (χ0v) is 19.1. The number of nitrogens with zero attached hydrogens (tertiary/aromatic N) is 2. The molecule has 0 aliphatic heterocycles. The highest BCUT2D eigenvalue weighted by Crippen LogP contribution is 2.35. The average Bonchev–Trinajstić information content (AvgIpc) is 2.73. The number of benzene rings is 2. The van der Waals surface area contributed by atoms with Gasteiger partial charge in [-0.1, -0.05) is 17.7 Å². The highest BCUT2D eigenvalue weighted by molar-refractivity contribution is 5.81. The molecule has 0 fully saturated rings. The van der Waals surface area contributed by atoms with Gasteiger partial charge in [-0.15, -0.1) is 0 Å². The zero-order valence-electron chi connectivity index (χ0n) is 19.1. The van der Waals surface area contributed by atoms with Gasteiger partial charge in [-0.2, -0.15) is 4.98 Å². The van der Waals surface area contributed by atoms with Gasteiger partial charge in [-0.25, -0.2) is 4.79 Å². The Kier molecular flexibility index (Phi) is 6.53. The normalized spacial score (nSPS) is 10.7. The Morgan fingerprint density at radius 3 is 2.25 bits per heavy atom. The molecule has 0 amide bonds. The highest BCUT2D eigenvalue weighted by atomic mass is 16.5. The van der Waals surface area contributed by atoms with Crippen LogP contribution in [-0.2, 0) is 18.3 Å². The lowest BCUT2D eigenvalue weighted by atomic mass is 10.0. The van der Waals surface area contributed by atoms with Crippen molar-refractivity contribution in [3.05, 3.63) is 63.1 Å². The van der Waals surface area contributed by atoms with Crippen molar-refractivity contribution in [2.24, 2.45) is 7.05 Å². The van der Waals surface area contributed by atoms with Gasteiger partial charge in [0.2, 0.25) is 0 Å². The second-order valence-corrected chi connectivity index (χ2v) is 7.67. The molecule has 1 aromatic heterocycles. The van der Waals surface area contributed by atoms with Gasteiger partial charge in [0.25, 0.3) is 0 Å². The van der Waals surface area contributed by atoms with Crippen LogP contribution in [0.4, 0.5) is 11.5 Å². The zero-order chi connectivity index (χ0) is 23.6. The topological polar surface area (TPSA) is 103 Å². The molecule has 0 saturated carbocycles. The number of aliphatic carboxylic acids is 1. The SMILES string of the molecule is COc1ccc(-c2nc(=O)n(C)c(Nc3c(C)cc(C)cc3C)c2CC(=O)O)cc1OC. The van der Waals surface area contributed by atoms with Crippen LogP contribution < -0.4 is 20.5 Å². The van der Waals surface area contributed by atoms with Crippen molar-refractivity contribution in [2.45, 2.75) is 27.2 Å². The molecule has 1 heterocycles. The third kappa shape index (κ3) is 4.44. The van der Waals surface area contributed by atoms with Gasteiger partial charge in [0, 0.05) is 23.9 Å². The Balaban J connectivity index is 2.28. The van der Waals surface area contributed by atoms with Gasteiger partial charge < -0.3 is 19.9 Å². The predicted molar refractivity (Wildman–Crippen MR) is 123 cm³/mol. The molecule has 2 aromatic carbocycles. The van der Waals surface area contributed by atoms with E-state index >= 15 is 0 Å². The van der Waals surface area contributed by atoms with Crippen LogP contribution >= 0.6 is 0 Å². The monoisotopic (exact) mass is 437 g/mol. The maximum atomic E-state index is 12.8. The van der Waals surface area contributed by atoms with Gasteiger partial charge >= 0.3 is 11.7 Å². The Morgan fingerprint density at radius 2 is 1.69 bits per heavy atom. The Bertz CT molecular complexity index is 1220. The summed E-state index contributed by atoms with van der Waals surface area (Å²) in [6.07, 6.45) is -0.322. The fraction of sp³-hybridized carbons (Fsp3) is 0.292. The molecule has 32 heavy (non-hydrogen) atoms. The summed E-state index contributed by atoms with van der Waals surface area (Å²) in [5.74, 6) is 0.317. The lowest BCUT2D eigenvalue weighted by molar-refractivity contribution is -0.136. The lowest BCUT2D eigenvalue weighted by Crippen LogP contribution is -2.26. The van der Waals surface area contributed by atoms with Crippen LogP contribution in [0, 0.1) is 20.8 Å². The number of carboxylic acids is 1. The number of ether oxygens (including phenoxy) is 2. The summed E-state index contributed by atoms with van der Waals surface area (Å²) in [6.45, 7) is 5.94. The van der Waals surface area contributed by atoms with Gasteiger partial charge in [0.05, 0.1) is 26.3 Å². The van der Waals surface area contributed by atoms with Gasteiger partial charge in [0.1, 0.15) is 5.82 Å². The first kappa shape index (κ1) is 22.9. The maximum absolute atomic E-state index is 12.8. The van der Waals surface area contributed by atoms with E-state index in [2.05, 4.69) is 10.3 Å². The summed E-state index contributed by atoms with van der Waals surface area (Å²) in [6, 6.07) is 9.15. The molecule has 0 aliphatic rings. The standard InChI is InChI=1S/C24H27N3O5/c1-13-9-14(2)21(15(3)10-13)25-23-17(12-20(28)29)22(26-24(30)27(23)4)16-7-8-18(31-5)19(11-16)32-6/h7-11,25H,12H2,1-6H3,(H,28,29). The molecule has 168 valence electrons. The summed E-state index contributed by atoms with van der Waals surface area (Å²) < 4.78 is 12.0. The van der Waals surface area contributed by atoms with E-state index in [1.54, 1.807) is 25.2 Å². The molecule has 0 spiro atoms. The van der Waals surface area contributed by atoms with Crippen LogP contribution in [0.25, 0.3) is 11.3 Å². The fourth-order valence-electron chi connectivity index (χ4n) is 3.84. The van der Waals surface area contributed by atoms with Crippen LogP contribution in [0.15, 0.2) is 35.1 Å². The lowest BCUT2D eigenvalue weighted by Gasteiger charge is -2.21. The number of rotatable bonds is 7. The van der Waals surface area contributed by atoms with Crippen molar-refractivity contribution in [2.75, 3.05) is 19.5 Å². The number of hydrogen-bond acceptors (Lipinski definition) is 6. The van der Waals surface area contributed by atoms with Crippen LogP contribution in [-0.4, -0.2) is 34.8 Å². The van der Waals surface area contributed by atoms with Crippen LogP contribution in [0.5, 0.6) is 11.5 Å². The molecule has 0 saturated heterocycles. The van der Waals surface area contributed by atoms with Crippen LogP contribution in [0.2, 0.25) is 0 Å². The first-order valence-corrected chi connectivity index (χ1v) is 10.0. The van der Waals surface area contributed by atoms with Crippen molar-refractivity contribution < 1.29 is 19.4 Å². The largest absolute Gasteiger partial charge is 0.493 e. The number of carboxylic acid groups (broad SMARTS) is 1. The van der Waals surface area contributed by atoms with Gasteiger partial charge in [0.15, 0.2) is 11.5 Å². The number of hydrogen-bond donors (Lipinski definition) is 2. The summed E-state index contributed by atoms with van der Waals surface area (Å²) in [4.78, 5) is 28.7. The van der Waals surface area contributed by atoms with E-state index in [-0.39, 0.29) is 12.1 Å². The van der Waals surface area contributed by atoms with E-state index in [1.807, 2.05) is 32.9 Å². The van der Waals surface area contributed by atoms with Gasteiger partial charge in [-0.3, -0.25) is 9.36 Å². The fourth-order valence-corrected chi connectivity index (χ4v) is 3.84. The van der Waals surface area contributed by atoms with Crippen molar-refractivity contribution in [3.63, 3.8) is 0 Å². The minimum absolute atomic E-state index is 0.279. The number of methoxy groups -OCH3 is 2. The first-order chi connectivity index (χ1) is 15.2. The van der Waals surface area contributed by atoms with Crippen LogP contribution in [0.3, 0.4) is 0 Å². The van der Waals surface area contributed by atoms with Gasteiger partial charge in [-0.05, 0) is 50.1 Å². The molecule has 8 heteroatoms. The second kappa shape index (κ2) is 9.13. The second-order valence-electron chi connectivity index (χ2n) is 7.67. The third-order valence-corrected chi connectivity index (χ3v) is 5.31. The predicted octanol–water partition coefficient (Wildman–Crippen LogP) is 3.76. The molecule has 2 N–H and O–H groups in total. The maximum Gasteiger partial charge on any atom is 0.349 e. The summed E-state index contributed by atoms with van der Waals surface area (Å²) in [5, 5.41) is 12.9. The molecule has 0 unspecified atom stereocenters. The Morgan fingerprint density at radius 1 is 1.06 bits per heavy atom. The van der Waals surface area contributed by atoms with E-state index in [9.17, 15) is 14.7 Å². The molecule has 3 aromatic rings. The molecule has 0 aliphatic carbocycles. The minimum Gasteiger partial charge on any atom is -0.493 e. The molecule has 0 radical (unpaired) electrons. The van der Waals surface area contributed by atoms with E-state index in [0.717, 1.165) is 22.4 Å². The number of carbonyl (C=O) groups is 1. The molecular formula is C24H27N3O5. The Hall–Kier alpha value is -3.81. The smallest absolute Gasteiger partial charge is 0.349 e. The number of aromatic nitrogens is 2. The van der Waals surface area contributed by atoms with Crippen molar-refractivity contribution in [1.29, 1.82) is 0 Å². The van der Waals surface area contributed by atoms with E-state index < -0.39 is 11.7 Å². The minimum atomic E-state index is -1.03. The first-order valence-electron chi connectivity index (χ1n) is 10.0. The molecule has 0 atom stereocenters. The van der Waals surface area contributed by atoms with Crippen molar-refractivity contribution in [1.82, 2.24) is 9.55 Å². The number of nitrogens with one attached hydrogen (secondary N) is 1. The van der Waals surface area contributed by atoms with Crippen molar-refractivity contribution in [3.8, 4) is 22.8 Å². The van der Waals surface area contributed by atoms with Crippen molar-refractivity contribution >= 4 is 17.5 Å². The van der Waals surface area contributed by atoms with E-state index in [0.29, 0.717) is 28.4 Å². The average molecular weight is 437 g/mol. The summed E-state index contributed by atoms with van der Waals surface area (Å²) >= 11 is 0. The molecule has 8 nitrogen and oxygen atoms in total. The van der Waals surface area contributed by atoms with Crippen LogP contribution in [0.1, 0.15) is 22.3 Å². The number of aryl methyl sites for hydroxylation is 3. The summed E-state index contributed by atoms with van der Waals surface area (Å²) in [5.41, 5.74) is 4.63. The Labute approximate surface area is 186 Å². The quantitative estimate of drug-likeness (QED) is 0.580. The molecular weight excluding hydrogens is 410 g/mol. The molecule has 3 rings (SSSR count). The summed E-state index contributed by atoms with van der Waals surface area (Å²) in [7, 11) is 4.60. The number of anilines is 2. The van der Waals surface area contributed by atoms with E-state index in [1.165, 1.54) is 18.8 Å². The highest BCUT2D eigenvalue weighted by Gasteiger charge is 2.21. The van der Waals surface area contributed by atoms with E-state index in [4.69, 9.17) is 9.47 Å². The third-order valence-electron chi connectivity index (χ3n) is 5.31. The molecule has 0 bridgehead atoms.